The first kappa shape index (κ1) is 28.6. The second-order valence-corrected chi connectivity index (χ2v) is 7.19. The van der Waals surface area contributed by atoms with Gasteiger partial charge in [-0.25, -0.2) is 9.59 Å². The van der Waals surface area contributed by atoms with Crippen molar-refractivity contribution in [1.82, 2.24) is 0 Å². The van der Waals surface area contributed by atoms with Crippen molar-refractivity contribution in [1.29, 1.82) is 0 Å². The number of rotatable bonds is 12. The molecule has 0 saturated carbocycles. The number of carbonyl (C=O) groups is 3. The van der Waals surface area contributed by atoms with Crippen LogP contribution < -0.4 is 0 Å². The molecule has 0 heterocycles. The summed E-state index contributed by atoms with van der Waals surface area (Å²) >= 11 is 0. The molecule has 0 saturated heterocycles. The van der Waals surface area contributed by atoms with Gasteiger partial charge < -0.3 is 14.2 Å². The number of esters is 3. The molecule has 0 radical (unpaired) electrons. The van der Waals surface area contributed by atoms with Crippen LogP contribution >= 0.6 is 0 Å². The van der Waals surface area contributed by atoms with Crippen LogP contribution in [0.4, 0.5) is 0 Å². The maximum atomic E-state index is 12.1. The fraction of sp³-hybridized carbons (Fsp3) is 0.562. The molecule has 1 N–H and O–H groups in total. The summed E-state index contributed by atoms with van der Waals surface area (Å²) in [5.41, 5.74) is 0.280. The summed E-state index contributed by atoms with van der Waals surface area (Å²) in [6, 6.07) is 0. The van der Waals surface area contributed by atoms with Gasteiger partial charge in [0, 0.05) is 11.1 Å². The predicted octanol–water partition coefficient (Wildman–Crippen LogP) is 0.404. The molecular formula is C16H25KO9S. The molecule has 0 unspecified atom stereocenters. The Morgan fingerprint density at radius 1 is 0.926 bits per heavy atom. The Hall–Kier alpha value is -0.564. The molecule has 0 aromatic carbocycles. The Balaban J connectivity index is 0. The van der Waals surface area contributed by atoms with E-state index in [9.17, 15) is 22.8 Å². The third-order valence-electron chi connectivity index (χ3n) is 2.90. The molecule has 27 heavy (non-hydrogen) atoms. The van der Waals surface area contributed by atoms with Crippen LogP contribution in [0.2, 0.25) is 0 Å². The average molecular weight is 433 g/mol. The molecule has 9 nitrogen and oxygen atoms in total. The van der Waals surface area contributed by atoms with Gasteiger partial charge in [-0.3, -0.25) is 9.35 Å². The van der Waals surface area contributed by atoms with Gasteiger partial charge in [0.25, 0.3) is 10.1 Å². The summed E-state index contributed by atoms with van der Waals surface area (Å²) in [6.45, 7) is 8.83. The van der Waals surface area contributed by atoms with Crippen molar-refractivity contribution in [3.8, 4) is 0 Å². The number of ether oxygens (including phenoxy) is 3. The zero-order valence-electron chi connectivity index (χ0n) is 14.9. The summed E-state index contributed by atoms with van der Waals surface area (Å²) in [5, 5.41) is 0. The van der Waals surface area contributed by atoms with Crippen LogP contribution in [0.25, 0.3) is 0 Å². The first-order valence-corrected chi connectivity index (χ1v) is 9.32. The van der Waals surface area contributed by atoms with E-state index in [2.05, 4.69) is 13.2 Å². The van der Waals surface area contributed by atoms with Gasteiger partial charge in [-0.15, -0.1) is 0 Å². The Kier molecular flexibility index (Phi) is 15.3. The van der Waals surface area contributed by atoms with E-state index in [1.54, 1.807) is 0 Å². The molecule has 0 atom stereocenters. The average Bonchev–Trinajstić information content (AvgIpc) is 2.52. The van der Waals surface area contributed by atoms with Crippen LogP contribution in [0.5, 0.6) is 0 Å². The summed E-state index contributed by atoms with van der Waals surface area (Å²) in [6.07, 6.45) is 0.307. The molecule has 0 rings (SSSR count). The van der Waals surface area contributed by atoms with Gasteiger partial charge in [-0.1, -0.05) is 13.2 Å². The van der Waals surface area contributed by atoms with Gasteiger partial charge in [-0.05, 0) is 26.7 Å². The molecule has 0 aromatic heterocycles. The quantitative estimate of drug-likeness (QED) is 0.116. The standard InChI is InChI=1S/C16H24O9S.K.H/c1-11(2)14(17)24-9-13(10-25-15(18)12(3)4)16(19)23-7-5-6-8-26(20,21)22;;/h13H,1,3,5-10H2,2,4H3,(H,20,21,22);;. The summed E-state index contributed by atoms with van der Waals surface area (Å²) in [5.74, 6) is -3.69. The number of carbonyl (C=O) groups excluding carboxylic acids is 3. The van der Waals surface area contributed by atoms with Crippen LogP contribution in [-0.4, -0.2) is 108 Å². The van der Waals surface area contributed by atoms with Gasteiger partial charge in [0.1, 0.15) is 19.1 Å². The molecular weight excluding hydrogens is 407 g/mol. The first-order chi connectivity index (χ1) is 11.9. The normalized spacial score (nSPS) is 10.5. The van der Waals surface area contributed by atoms with Crippen molar-refractivity contribution in [2.75, 3.05) is 25.6 Å². The van der Waals surface area contributed by atoms with Gasteiger partial charge in [0.05, 0.1) is 12.4 Å². The minimum atomic E-state index is -4.07. The van der Waals surface area contributed by atoms with E-state index in [0.717, 1.165) is 0 Å². The van der Waals surface area contributed by atoms with Crippen LogP contribution in [0.15, 0.2) is 24.3 Å². The first-order valence-electron chi connectivity index (χ1n) is 7.71. The monoisotopic (exact) mass is 432 g/mol. The van der Waals surface area contributed by atoms with Crippen LogP contribution in [0, 0.1) is 5.92 Å². The van der Waals surface area contributed by atoms with Gasteiger partial charge >= 0.3 is 69.3 Å². The van der Waals surface area contributed by atoms with Crippen LogP contribution in [0.1, 0.15) is 26.7 Å². The minimum absolute atomic E-state index is 0. The summed E-state index contributed by atoms with van der Waals surface area (Å²) < 4.78 is 44.5. The topological polar surface area (TPSA) is 133 Å². The molecule has 0 aliphatic carbocycles. The van der Waals surface area contributed by atoms with E-state index < -0.39 is 39.7 Å². The van der Waals surface area contributed by atoms with Crippen molar-refractivity contribution in [2.45, 2.75) is 26.7 Å². The fourth-order valence-electron chi connectivity index (χ4n) is 1.46. The van der Waals surface area contributed by atoms with Crippen LogP contribution in [-0.2, 0) is 38.7 Å². The Labute approximate surface area is 201 Å². The number of hydrogen-bond acceptors (Lipinski definition) is 8. The van der Waals surface area contributed by atoms with Crippen molar-refractivity contribution in [3.05, 3.63) is 24.3 Å². The van der Waals surface area contributed by atoms with Gasteiger partial charge in [0.2, 0.25) is 0 Å². The second kappa shape index (κ2) is 14.4. The molecule has 0 aliphatic heterocycles. The summed E-state index contributed by atoms with van der Waals surface area (Å²) in [7, 11) is -4.07. The van der Waals surface area contributed by atoms with Crippen molar-refractivity contribution in [3.63, 3.8) is 0 Å². The molecule has 0 bridgehead atoms. The van der Waals surface area contributed by atoms with Crippen molar-refractivity contribution in [2.24, 2.45) is 5.92 Å². The van der Waals surface area contributed by atoms with E-state index in [1.165, 1.54) is 13.8 Å². The van der Waals surface area contributed by atoms with E-state index in [1.807, 2.05) is 0 Å². The molecule has 0 spiro atoms. The third-order valence-corrected chi connectivity index (χ3v) is 3.71. The zero-order valence-corrected chi connectivity index (χ0v) is 15.7. The number of unbranched alkanes of at least 4 members (excludes halogenated alkanes) is 1. The SMILES string of the molecule is C=C(C)C(=O)OCC(COC(=O)C(=C)C)C(=O)OCCCCS(=O)(=O)O.[KH]. The van der Waals surface area contributed by atoms with Crippen molar-refractivity contribution < 1.29 is 41.6 Å². The predicted molar refractivity (Wildman–Crippen MR) is 98.8 cm³/mol. The van der Waals surface area contributed by atoms with Crippen LogP contribution in [0.3, 0.4) is 0 Å². The Morgan fingerprint density at radius 3 is 1.74 bits per heavy atom. The summed E-state index contributed by atoms with van der Waals surface area (Å²) in [4.78, 5) is 34.9. The molecule has 11 heteroatoms. The Morgan fingerprint density at radius 2 is 1.37 bits per heavy atom. The molecule has 0 aliphatic rings. The third kappa shape index (κ3) is 15.1. The van der Waals surface area contributed by atoms with Gasteiger partial charge in [0.15, 0.2) is 0 Å². The molecule has 0 aromatic rings. The number of hydrogen-bond donors (Lipinski definition) is 1. The molecule has 0 fully saturated rings. The van der Waals surface area contributed by atoms with Crippen molar-refractivity contribution >= 4 is 79.4 Å². The van der Waals surface area contributed by atoms with E-state index in [4.69, 9.17) is 18.8 Å². The fourth-order valence-corrected chi connectivity index (χ4v) is 2.03. The van der Waals surface area contributed by atoms with Gasteiger partial charge in [-0.2, -0.15) is 8.42 Å². The van der Waals surface area contributed by atoms with E-state index >= 15 is 0 Å². The maximum absolute atomic E-state index is 12.1. The molecule has 150 valence electrons. The zero-order chi connectivity index (χ0) is 20.3. The van der Waals surface area contributed by atoms with E-state index in [-0.39, 0.29) is 95.2 Å². The second-order valence-electron chi connectivity index (χ2n) is 5.62. The Bertz CT molecular complexity index is 625. The van der Waals surface area contributed by atoms with E-state index in [0.29, 0.717) is 0 Å². The molecule has 0 amide bonds.